The Hall–Kier alpha value is -2.04. The minimum Gasteiger partial charge on any atom is -0.480 e. The Labute approximate surface area is 347 Å². The SMILES string of the molecule is CCCCC/C=C/CCCCCCCC(=O)OC[C@@H](COP(=O)(O)OC[C@H](N)C(=O)O)OC(=O)CCCCCCCCCCCCC/C=C/CCCCCCCC. The fourth-order valence-corrected chi connectivity index (χ4v) is 7.07. The Morgan fingerprint density at radius 2 is 0.877 bits per heavy atom. The molecule has 0 saturated carbocycles. The van der Waals surface area contributed by atoms with Gasteiger partial charge in [0.25, 0.3) is 0 Å². The lowest BCUT2D eigenvalue weighted by atomic mass is 10.0. The topological polar surface area (TPSA) is 172 Å². The van der Waals surface area contributed by atoms with E-state index in [4.69, 9.17) is 24.8 Å². The third kappa shape index (κ3) is 40.5. The number of unbranched alkanes of at least 4 members (excludes halogenated alkanes) is 25. The molecule has 0 fully saturated rings. The number of carboxylic acids is 1. The minimum absolute atomic E-state index is 0.161. The number of nitrogens with two attached hydrogens (primary N) is 1. The van der Waals surface area contributed by atoms with Gasteiger partial charge in [0.05, 0.1) is 13.2 Å². The van der Waals surface area contributed by atoms with Crippen molar-refractivity contribution in [2.75, 3.05) is 19.8 Å². The van der Waals surface area contributed by atoms with E-state index < -0.39 is 51.1 Å². The second-order valence-electron chi connectivity index (χ2n) is 15.5. The van der Waals surface area contributed by atoms with Crippen molar-refractivity contribution in [3.63, 3.8) is 0 Å². The van der Waals surface area contributed by atoms with Gasteiger partial charge in [-0.15, -0.1) is 0 Å². The Morgan fingerprint density at radius 3 is 1.32 bits per heavy atom. The fourth-order valence-electron chi connectivity index (χ4n) is 6.29. The number of phosphoric ester groups is 1. The van der Waals surface area contributed by atoms with Crippen molar-refractivity contribution in [3.05, 3.63) is 24.3 Å². The molecule has 4 N–H and O–H groups in total. The van der Waals surface area contributed by atoms with E-state index in [-0.39, 0.29) is 19.4 Å². The Morgan fingerprint density at radius 1 is 0.526 bits per heavy atom. The monoisotopic (exact) mass is 830 g/mol. The highest BCUT2D eigenvalue weighted by Crippen LogP contribution is 2.43. The number of carbonyl (C=O) groups is 3. The molecule has 11 nitrogen and oxygen atoms in total. The Kier molecular flexibility index (Phi) is 39.3. The number of esters is 2. The number of hydrogen-bond acceptors (Lipinski definition) is 9. The molecule has 0 bridgehead atoms. The third-order valence-corrected chi connectivity index (χ3v) is 10.9. The third-order valence-electron chi connectivity index (χ3n) is 9.92. The van der Waals surface area contributed by atoms with Gasteiger partial charge in [-0.1, -0.05) is 160 Å². The molecule has 0 saturated heterocycles. The number of rotatable bonds is 43. The van der Waals surface area contributed by atoms with E-state index in [0.29, 0.717) is 12.8 Å². The molecule has 1 unspecified atom stereocenters. The molecule has 0 spiro atoms. The van der Waals surface area contributed by atoms with Crippen LogP contribution >= 0.6 is 7.82 Å². The van der Waals surface area contributed by atoms with E-state index >= 15 is 0 Å². The van der Waals surface area contributed by atoms with E-state index in [1.54, 1.807) is 0 Å². The van der Waals surface area contributed by atoms with Crippen LogP contribution in [0.5, 0.6) is 0 Å². The van der Waals surface area contributed by atoms with Crippen LogP contribution < -0.4 is 5.73 Å². The van der Waals surface area contributed by atoms with Crippen LogP contribution in [0, 0.1) is 0 Å². The minimum atomic E-state index is -4.71. The molecule has 0 aromatic heterocycles. The fraction of sp³-hybridized carbons (Fsp3) is 0.844. The van der Waals surface area contributed by atoms with Gasteiger partial charge < -0.3 is 25.2 Å². The van der Waals surface area contributed by atoms with Crippen molar-refractivity contribution >= 4 is 25.7 Å². The van der Waals surface area contributed by atoms with Crippen molar-refractivity contribution in [1.82, 2.24) is 0 Å². The second kappa shape index (κ2) is 40.7. The lowest BCUT2D eigenvalue weighted by Gasteiger charge is -2.20. The number of allylic oxidation sites excluding steroid dienone is 4. The van der Waals surface area contributed by atoms with Gasteiger partial charge in [-0.3, -0.25) is 23.4 Å². The van der Waals surface area contributed by atoms with Crippen LogP contribution in [-0.2, 0) is 37.5 Å². The van der Waals surface area contributed by atoms with Gasteiger partial charge in [-0.25, -0.2) is 4.57 Å². The molecule has 334 valence electrons. The highest BCUT2D eigenvalue weighted by atomic mass is 31.2. The van der Waals surface area contributed by atoms with Gasteiger partial charge in [0.1, 0.15) is 12.6 Å². The predicted octanol–water partition coefficient (Wildman–Crippen LogP) is 12.2. The molecule has 12 heteroatoms. The molecule has 0 heterocycles. The van der Waals surface area contributed by atoms with Crippen LogP contribution in [0.2, 0.25) is 0 Å². The maximum absolute atomic E-state index is 12.6. The molecule has 0 rings (SSSR count). The number of aliphatic carboxylic acids is 1. The first kappa shape index (κ1) is 55.0. The molecule has 0 aliphatic heterocycles. The van der Waals surface area contributed by atoms with Crippen molar-refractivity contribution in [3.8, 4) is 0 Å². The van der Waals surface area contributed by atoms with Crippen LogP contribution in [0.3, 0.4) is 0 Å². The zero-order valence-electron chi connectivity index (χ0n) is 36.2. The maximum Gasteiger partial charge on any atom is 0.472 e. The van der Waals surface area contributed by atoms with E-state index in [9.17, 15) is 23.8 Å². The molecule has 0 aliphatic rings. The van der Waals surface area contributed by atoms with Crippen molar-refractivity contribution in [1.29, 1.82) is 0 Å². The number of carbonyl (C=O) groups excluding carboxylic acids is 2. The first-order valence-electron chi connectivity index (χ1n) is 22.9. The highest BCUT2D eigenvalue weighted by molar-refractivity contribution is 7.47. The predicted molar refractivity (Wildman–Crippen MR) is 231 cm³/mol. The number of hydrogen-bond donors (Lipinski definition) is 3. The summed E-state index contributed by atoms with van der Waals surface area (Å²) in [5.41, 5.74) is 5.33. The van der Waals surface area contributed by atoms with Gasteiger partial charge in [0.15, 0.2) is 6.10 Å². The van der Waals surface area contributed by atoms with Crippen LogP contribution in [0.1, 0.15) is 213 Å². The Balaban J connectivity index is 4.27. The standard InChI is InChI=1S/C45H84NO10P/c1-3-5-7-9-11-13-15-17-18-19-20-21-22-23-24-25-27-29-31-33-35-37-44(48)56-41(39-54-57(51,52)55-40-42(46)45(49)50)38-53-43(47)36-34-32-30-28-26-16-14-12-10-8-6-4-2/h12,14,17-18,41-42H,3-11,13,15-16,19-40,46H2,1-2H3,(H,49,50)(H,51,52)/b14-12+,18-17+/t41-,42-/m0/s1. The average Bonchev–Trinajstić information content (AvgIpc) is 3.19. The largest absolute Gasteiger partial charge is 0.480 e. The molecule has 57 heavy (non-hydrogen) atoms. The molecule has 0 aliphatic carbocycles. The summed E-state index contributed by atoms with van der Waals surface area (Å²) in [5.74, 6) is -2.38. The van der Waals surface area contributed by atoms with E-state index in [2.05, 4.69) is 42.7 Å². The zero-order valence-corrected chi connectivity index (χ0v) is 37.1. The summed E-state index contributed by atoms with van der Waals surface area (Å²) >= 11 is 0. The summed E-state index contributed by atoms with van der Waals surface area (Å²) < 4.78 is 32.7. The summed E-state index contributed by atoms with van der Waals surface area (Å²) in [6.07, 6.45) is 42.4. The summed E-state index contributed by atoms with van der Waals surface area (Å²) in [5, 5.41) is 8.89. The number of carboxylic acid groups (broad SMARTS) is 1. The van der Waals surface area contributed by atoms with Crippen LogP contribution in [0.15, 0.2) is 24.3 Å². The van der Waals surface area contributed by atoms with Crippen molar-refractivity contribution in [2.24, 2.45) is 5.73 Å². The zero-order chi connectivity index (χ0) is 42.1. The summed E-state index contributed by atoms with van der Waals surface area (Å²) in [4.78, 5) is 45.9. The second-order valence-corrected chi connectivity index (χ2v) is 17.0. The molecule has 0 aromatic carbocycles. The maximum atomic E-state index is 12.6. The molecular formula is C45H84NO10P. The first-order valence-corrected chi connectivity index (χ1v) is 24.4. The van der Waals surface area contributed by atoms with E-state index in [1.807, 2.05) is 0 Å². The lowest BCUT2D eigenvalue weighted by molar-refractivity contribution is -0.161. The highest BCUT2D eigenvalue weighted by Gasteiger charge is 2.28. The smallest absolute Gasteiger partial charge is 0.472 e. The van der Waals surface area contributed by atoms with Gasteiger partial charge in [0, 0.05) is 12.8 Å². The van der Waals surface area contributed by atoms with Crippen molar-refractivity contribution < 1.29 is 47.5 Å². The number of ether oxygens (including phenoxy) is 2. The van der Waals surface area contributed by atoms with E-state index in [1.165, 1.54) is 116 Å². The van der Waals surface area contributed by atoms with Crippen LogP contribution in [0.4, 0.5) is 0 Å². The van der Waals surface area contributed by atoms with Crippen LogP contribution in [0.25, 0.3) is 0 Å². The normalized spacial score (nSPS) is 13.9. The summed E-state index contributed by atoms with van der Waals surface area (Å²) in [7, 11) is -4.71. The molecule has 0 amide bonds. The van der Waals surface area contributed by atoms with Gasteiger partial charge in [0.2, 0.25) is 0 Å². The first-order chi connectivity index (χ1) is 27.6. The molecular weight excluding hydrogens is 745 g/mol. The van der Waals surface area contributed by atoms with Gasteiger partial charge >= 0.3 is 25.7 Å². The number of phosphoric acid groups is 1. The quantitative estimate of drug-likeness (QED) is 0.0231. The van der Waals surface area contributed by atoms with Crippen LogP contribution in [-0.4, -0.2) is 59.9 Å². The van der Waals surface area contributed by atoms with Gasteiger partial charge in [-0.2, -0.15) is 0 Å². The average molecular weight is 830 g/mol. The lowest BCUT2D eigenvalue weighted by Crippen LogP contribution is -2.34. The Bertz CT molecular complexity index is 1070. The summed E-state index contributed by atoms with van der Waals surface area (Å²) in [6.45, 7) is 2.78. The molecule has 3 atom stereocenters. The molecule has 0 aromatic rings. The summed E-state index contributed by atoms with van der Waals surface area (Å²) in [6, 6.07) is -1.52. The van der Waals surface area contributed by atoms with Gasteiger partial charge in [-0.05, 0) is 64.2 Å². The molecule has 0 radical (unpaired) electrons. The van der Waals surface area contributed by atoms with E-state index in [0.717, 1.165) is 57.8 Å². The van der Waals surface area contributed by atoms with Crippen molar-refractivity contribution in [2.45, 2.75) is 225 Å².